The van der Waals surface area contributed by atoms with Gasteiger partial charge in [0.25, 0.3) is 0 Å². The fraction of sp³-hybridized carbons (Fsp3) is 0.269. The fourth-order valence-corrected chi connectivity index (χ4v) is 3.57. The van der Waals surface area contributed by atoms with Crippen LogP contribution in [-0.4, -0.2) is 35.7 Å². The van der Waals surface area contributed by atoms with E-state index in [1.807, 2.05) is 60.7 Å². The standard InChI is InChI=1S/C26H27NO3/c1-26(2,28)18-30-23-17-29-22-16-10-9-15-21(22)25(23)27-24(19-11-5-3-6-12-19)20-13-7-4-8-14-20/h3-16,23,25,28H,17-18H2,1-2H3/t23-,25-/m0/s1. The second kappa shape index (κ2) is 8.82. The number of ether oxygens (including phenoxy) is 2. The first-order valence-corrected chi connectivity index (χ1v) is 10.3. The molecule has 1 aliphatic heterocycles. The lowest BCUT2D eigenvalue weighted by Gasteiger charge is -2.33. The lowest BCUT2D eigenvalue weighted by Crippen LogP contribution is -2.37. The van der Waals surface area contributed by atoms with Crippen molar-refractivity contribution in [2.75, 3.05) is 13.2 Å². The van der Waals surface area contributed by atoms with Crippen molar-refractivity contribution in [2.45, 2.75) is 31.6 Å². The second-order valence-electron chi connectivity index (χ2n) is 8.17. The quantitative estimate of drug-likeness (QED) is 0.603. The molecule has 4 nitrogen and oxygen atoms in total. The molecule has 0 fully saturated rings. The molecule has 0 radical (unpaired) electrons. The Labute approximate surface area is 177 Å². The predicted molar refractivity (Wildman–Crippen MR) is 119 cm³/mol. The van der Waals surface area contributed by atoms with Gasteiger partial charge in [0.05, 0.1) is 17.9 Å². The van der Waals surface area contributed by atoms with E-state index in [1.165, 1.54) is 0 Å². The maximum absolute atomic E-state index is 10.2. The molecule has 1 aliphatic rings. The van der Waals surface area contributed by atoms with Gasteiger partial charge in [-0.3, -0.25) is 4.99 Å². The van der Waals surface area contributed by atoms with E-state index in [0.29, 0.717) is 6.61 Å². The number of aliphatic hydroxyl groups is 1. The fourth-order valence-electron chi connectivity index (χ4n) is 3.57. The molecule has 0 saturated carbocycles. The zero-order chi connectivity index (χ0) is 21.0. The number of rotatable bonds is 6. The summed E-state index contributed by atoms with van der Waals surface area (Å²) in [5.74, 6) is 0.829. The Balaban J connectivity index is 1.80. The molecule has 4 heteroatoms. The summed E-state index contributed by atoms with van der Waals surface area (Å²) < 4.78 is 12.1. The molecule has 3 aromatic carbocycles. The summed E-state index contributed by atoms with van der Waals surface area (Å²) in [5.41, 5.74) is 3.08. The smallest absolute Gasteiger partial charge is 0.124 e. The van der Waals surface area contributed by atoms with Crippen LogP contribution in [-0.2, 0) is 4.74 Å². The maximum atomic E-state index is 10.2. The van der Waals surface area contributed by atoms with Crippen LogP contribution in [0.1, 0.15) is 36.6 Å². The highest BCUT2D eigenvalue weighted by Gasteiger charge is 2.33. The normalized spacial score (nSPS) is 18.2. The van der Waals surface area contributed by atoms with Crippen molar-refractivity contribution in [3.63, 3.8) is 0 Å². The number of aliphatic imine (C=N–C) groups is 1. The molecule has 4 rings (SSSR count). The monoisotopic (exact) mass is 401 g/mol. The summed E-state index contributed by atoms with van der Waals surface area (Å²) in [4.78, 5) is 5.23. The summed E-state index contributed by atoms with van der Waals surface area (Å²) >= 11 is 0. The third-order valence-electron chi connectivity index (χ3n) is 5.01. The Hall–Kier alpha value is -2.95. The van der Waals surface area contributed by atoms with Gasteiger partial charge < -0.3 is 14.6 Å². The largest absolute Gasteiger partial charge is 0.490 e. The molecule has 1 N–H and O–H groups in total. The Morgan fingerprint density at radius 3 is 2.10 bits per heavy atom. The van der Waals surface area contributed by atoms with Crippen LogP contribution in [0, 0.1) is 0 Å². The van der Waals surface area contributed by atoms with Crippen LogP contribution in [0.15, 0.2) is 89.9 Å². The first-order valence-electron chi connectivity index (χ1n) is 10.3. The molecule has 1 heterocycles. The van der Waals surface area contributed by atoms with Gasteiger partial charge in [0, 0.05) is 16.7 Å². The topological polar surface area (TPSA) is 51.0 Å². The van der Waals surface area contributed by atoms with Gasteiger partial charge in [-0.1, -0.05) is 78.9 Å². The molecule has 0 spiro atoms. The van der Waals surface area contributed by atoms with Crippen LogP contribution in [0.5, 0.6) is 5.75 Å². The number of benzene rings is 3. The molecule has 0 saturated heterocycles. The summed E-state index contributed by atoms with van der Waals surface area (Å²) in [7, 11) is 0. The van der Waals surface area contributed by atoms with Crippen molar-refractivity contribution in [1.82, 2.24) is 0 Å². The Morgan fingerprint density at radius 2 is 1.50 bits per heavy atom. The SMILES string of the molecule is CC(C)(O)CO[C@H]1COc2ccccc2[C@@H]1N=C(c1ccccc1)c1ccccc1. The average Bonchev–Trinajstić information content (AvgIpc) is 2.77. The Kier molecular flexibility index (Phi) is 5.98. The van der Waals surface area contributed by atoms with Crippen LogP contribution < -0.4 is 4.74 Å². The van der Waals surface area contributed by atoms with Gasteiger partial charge in [-0.25, -0.2) is 0 Å². The van der Waals surface area contributed by atoms with Crippen LogP contribution in [0.2, 0.25) is 0 Å². The first-order chi connectivity index (χ1) is 14.5. The average molecular weight is 402 g/mol. The predicted octanol–water partition coefficient (Wildman–Crippen LogP) is 4.81. The van der Waals surface area contributed by atoms with Crippen LogP contribution in [0.25, 0.3) is 0 Å². The number of fused-ring (bicyclic) bond motifs is 1. The third-order valence-corrected chi connectivity index (χ3v) is 5.01. The van der Waals surface area contributed by atoms with Gasteiger partial charge in [0.15, 0.2) is 0 Å². The molecular weight excluding hydrogens is 374 g/mol. The third kappa shape index (κ3) is 4.78. The van der Waals surface area contributed by atoms with Crippen LogP contribution in [0.3, 0.4) is 0 Å². The minimum atomic E-state index is -0.924. The number of nitrogens with zero attached hydrogens (tertiary/aromatic N) is 1. The summed E-state index contributed by atoms with van der Waals surface area (Å²) in [6.07, 6.45) is -0.297. The Bertz CT molecular complexity index is 952. The van der Waals surface area contributed by atoms with E-state index < -0.39 is 5.60 Å². The van der Waals surface area contributed by atoms with E-state index in [9.17, 15) is 5.11 Å². The van der Waals surface area contributed by atoms with Gasteiger partial charge in [-0.05, 0) is 19.9 Å². The van der Waals surface area contributed by atoms with E-state index in [1.54, 1.807) is 13.8 Å². The highest BCUT2D eigenvalue weighted by atomic mass is 16.5. The van der Waals surface area contributed by atoms with Gasteiger partial charge in [-0.15, -0.1) is 0 Å². The molecular formula is C26H27NO3. The molecule has 30 heavy (non-hydrogen) atoms. The summed E-state index contributed by atoms with van der Waals surface area (Å²) in [6.45, 7) is 4.07. The molecule has 0 amide bonds. The summed E-state index contributed by atoms with van der Waals surface area (Å²) in [6, 6.07) is 28.1. The minimum absolute atomic E-state index is 0.210. The van der Waals surface area contributed by atoms with Crippen molar-refractivity contribution < 1.29 is 14.6 Å². The van der Waals surface area contributed by atoms with E-state index in [-0.39, 0.29) is 18.8 Å². The minimum Gasteiger partial charge on any atom is -0.490 e. The van der Waals surface area contributed by atoms with E-state index in [2.05, 4.69) is 24.3 Å². The molecule has 0 unspecified atom stereocenters. The van der Waals surface area contributed by atoms with Crippen molar-refractivity contribution in [3.05, 3.63) is 102 Å². The Morgan fingerprint density at radius 1 is 0.933 bits per heavy atom. The zero-order valence-electron chi connectivity index (χ0n) is 17.4. The van der Waals surface area contributed by atoms with E-state index >= 15 is 0 Å². The highest BCUT2D eigenvalue weighted by molar-refractivity contribution is 6.13. The molecule has 0 aromatic heterocycles. The molecule has 0 bridgehead atoms. The van der Waals surface area contributed by atoms with Crippen molar-refractivity contribution in [2.24, 2.45) is 4.99 Å². The van der Waals surface area contributed by atoms with Crippen molar-refractivity contribution in [1.29, 1.82) is 0 Å². The zero-order valence-corrected chi connectivity index (χ0v) is 17.4. The van der Waals surface area contributed by atoms with Gasteiger partial charge in [0.2, 0.25) is 0 Å². The lowest BCUT2D eigenvalue weighted by atomic mass is 9.96. The highest BCUT2D eigenvalue weighted by Crippen LogP contribution is 2.37. The molecule has 0 aliphatic carbocycles. The summed E-state index contributed by atoms with van der Waals surface area (Å²) in [5, 5.41) is 10.2. The van der Waals surface area contributed by atoms with Crippen LogP contribution >= 0.6 is 0 Å². The van der Waals surface area contributed by atoms with Gasteiger partial charge >= 0.3 is 0 Å². The lowest BCUT2D eigenvalue weighted by molar-refractivity contribution is -0.0766. The maximum Gasteiger partial charge on any atom is 0.124 e. The first kappa shape index (κ1) is 20.3. The van der Waals surface area contributed by atoms with Crippen molar-refractivity contribution in [3.8, 4) is 5.75 Å². The van der Waals surface area contributed by atoms with Crippen molar-refractivity contribution >= 4 is 5.71 Å². The number of para-hydroxylation sites is 1. The molecule has 3 aromatic rings. The molecule has 2 atom stereocenters. The van der Waals surface area contributed by atoms with Gasteiger partial charge in [0.1, 0.15) is 24.5 Å². The number of hydrogen-bond donors (Lipinski definition) is 1. The van der Waals surface area contributed by atoms with E-state index in [4.69, 9.17) is 14.5 Å². The second-order valence-corrected chi connectivity index (χ2v) is 8.17. The van der Waals surface area contributed by atoms with Crippen LogP contribution in [0.4, 0.5) is 0 Å². The molecule has 154 valence electrons. The van der Waals surface area contributed by atoms with Gasteiger partial charge in [-0.2, -0.15) is 0 Å². The number of hydrogen-bond acceptors (Lipinski definition) is 4. The van der Waals surface area contributed by atoms with E-state index in [0.717, 1.165) is 28.2 Å².